The van der Waals surface area contributed by atoms with Crippen LogP contribution < -0.4 is 10.1 Å². The SMILES string of the molecule is Cn1ccnc1COc1ccc(C(=O)NC(Cn2cnc3ccccc32)c2ccc(F)cc2)cc1. The van der Waals surface area contributed by atoms with Crippen LogP contribution in [-0.2, 0) is 20.2 Å². The van der Waals surface area contributed by atoms with Crippen LogP contribution in [0.4, 0.5) is 4.39 Å². The number of halogens is 1. The summed E-state index contributed by atoms with van der Waals surface area (Å²) >= 11 is 0. The number of rotatable bonds is 8. The van der Waals surface area contributed by atoms with Gasteiger partial charge < -0.3 is 19.2 Å². The van der Waals surface area contributed by atoms with Crippen LogP contribution in [0, 0.1) is 5.82 Å². The van der Waals surface area contributed by atoms with Gasteiger partial charge in [-0.25, -0.2) is 14.4 Å². The number of hydrogen-bond donors (Lipinski definition) is 1. The van der Waals surface area contributed by atoms with Crippen molar-refractivity contribution in [2.75, 3.05) is 0 Å². The second kappa shape index (κ2) is 9.80. The molecule has 0 spiro atoms. The number of carbonyl (C=O) groups excluding carboxylic acids is 1. The largest absolute Gasteiger partial charge is 0.486 e. The Morgan fingerprint density at radius 1 is 1.03 bits per heavy atom. The molecule has 8 heteroatoms. The van der Waals surface area contributed by atoms with Gasteiger partial charge in [-0.3, -0.25) is 4.79 Å². The van der Waals surface area contributed by atoms with Crippen LogP contribution in [0.2, 0.25) is 0 Å². The summed E-state index contributed by atoms with van der Waals surface area (Å²) in [6.07, 6.45) is 5.33. The second-order valence-corrected chi connectivity index (χ2v) is 8.23. The number of fused-ring (bicyclic) bond motifs is 1. The highest BCUT2D eigenvalue weighted by Gasteiger charge is 2.18. The van der Waals surface area contributed by atoms with Crippen molar-refractivity contribution in [3.05, 3.63) is 114 Å². The number of aryl methyl sites for hydroxylation is 1. The van der Waals surface area contributed by atoms with E-state index in [1.165, 1.54) is 12.1 Å². The van der Waals surface area contributed by atoms with Gasteiger partial charge >= 0.3 is 0 Å². The zero-order valence-corrected chi connectivity index (χ0v) is 19.1. The highest BCUT2D eigenvalue weighted by Crippen LogP contribution is 2.21. The summed E-state index contributed by atoms with van der Waals surface area (Å²) in [5.41, 5.74) is 3.13. The van der Waals surface area contributed by atoms with Gasteiger partial charge in [-0.15, -0.1) is 0 Å². The molecule has 1 unspecified atom stereocenters. The lowest BCUT2D eigenvalue weighted by molar-refractivity contribution is 0.0933. The lowest BCUT2D eigenvalue weighted by atomic mass is 10.1. The first-order chi connectivity index (χ1) is 17.1. The molecule has 7 nitrogen and oxygen atoms in total. The number of carbonyl (C=O) groups is 1. The number of nitrogens with zero attached hydrogens (tertiary/aromatic N) is 4. The van der Waals surface area contributed by atoms with E-state index in [2.05, 4.69) is 15.3 Å². The summed E-state index contributed by atoms with van der Waals surface area (Å²) in [5, 5.41) is 3.09. The van der Waals surface area contributed by atoms with Crippen molar-refractivity contribution >= 4 is 16.9 Å². The molecule has 0 saturated heterocycles. The Bertz CT molecular complexity index is 1440. The summed E-state index contributed by atoms with van der Waals surface area (Å²) in [7, 11) is 1.91. The van der Waals surface area contributed by atoms with Gasteiger partial charge in [-0.05, 0) is 54.1 Å². The highest BCUT2D eigenvalue weighted by atomic mass is 19.1. The number of para-hydroxylation sites is 2. The molecule has 176 valence electrons. The molecule has 0 fully saturated rings. The molecule has 0 aliphatic rings. The molecular formula is C27H24FN5O2. The van der Waals surface area contributed by atoms with E-state index in [0.29, 0.717) is 24.5 Å². The third-order valence-electron chi connectivity index (χ3n) is 5.89. The molecule has 1 N–H and O–H groups in total. The van der Waals surface area contributed by atoms with Gasteiger partial charge in [0.1, 0.15) is 24.0 Å². The minimum atomic E-state index is -0.389. The van der Waals surface area contributed by atoms with Gasteiger partial charge in [0.25, 0.3) is 5.91 Å². The number of aromatic nitrogens is 4. The summed E-state index contributed by atoms with van der Waals surface area (Å²) in [5.74, 6) is 0.887. The molecule has 2 heterocycles. The zero-order valence-electron chi connectivity index (χ0n) is 19.1. The van der Waals surface area contributed by atoms with E-state index < -0.39 is 0 Å². The van der Waals surface area contributed by atoms with Crippen molar-refractivity contribution in [3.8, 4) is 5.75 Å². The molecule has 2 aromatic heterocycles. The molecule has 0 aliphatic heterocycles. The van der Waals surface area contributed by atoms with Gasteiger partial charge in [-0.1, -0.05) is 24.3 Å². The van der Waals surface area contributed by atoms with Crippen molar-refractivity contribution in [1.82, 2.24) is 24.4 Å². The molecule has 1 amide bonds. The quantitative estimate of drug-likeness (QED) is 0.359. The maximum atomic E-state index is 13.6. The third kappa shape index (κ3) is 5.06. The Kier molecular flexibility index (Phi) is 6.26. The van der Waals surface area contributed by atoms with Gasteiger partial charge in [0.05, 0.1) is 23.4 Å². The van der Waals surface area contributed by atoms with Gasteiger partial charge in [0, 0.05) is 31.5 Å². The fraction of sp³-hybridized carbons (Fsp3) is 0.148. The smallest absolute Gasteiger partial charge is 0.251 e. The normalized spacial score (nSPS) is 11.9. The van der Waals surface area contributed by atoms with E-state index in [0.717, 1.165) is 22.4 Å². The maximum absolute atomic E-state index is 13.6. The molecule has 0 aliphatic carbocycles. The number of ether oxygens (including phenoxy) is 1. The van der Waals surface area contributed by atoms with E-state index in [-0.39, 0.29) is 17.8 Å². The Morgan fingerprint density at radius 2 is 1.80 bits per heavy atom. The number of amides is 1. The van der Waals surface area contributed by atoms with Crippen LogP contribution in [0.25, 0.3) is 11.0 Å². The monoisotopic (exact) mass is 469 g/mol. The predicted molar refractivity (Wildman–Crippen MR) is 130 cm³/mol. The third-order valence-corrected chi connectivity index (χ3v) is 5.89. The topological polar surface area (TPSA) is 74.0 Å². The van der Waals surface area contributed by atoms with Crippen molar-refractivity contribution in [3.63, 3.8) is 0 Å². The Morgan fingerprint density at radius 3 is 2.54 bits per heavy atom. The van der Waals surface area contributed by atoms with Crippen LogP contribution in [0.3, 0.4) is 0 Å². The molecule has 0 saturated carbocycles. The molecule has 0 radical (unpaired) electrons. The zero-order chi connectivity index (χ0) is 24.2. The van der Waals surface area contributed by atoms with Crippen molar-refractivity contribution in [2.24, 2.45) is 7.05 Å². The average molecular weight is 470 g/mol. The van der Waals surface area contributed by atoms with Gasteiger partial charge in [-0.2, -0.15) is 0 Å². The number of imidazole rings is 2. The standard InChI is InChI=1S/C27H24FN5O2/c1-32-15-14-29-26(32)17-35-22-12-8-20(9-13-22)27(34)31-24(19-6-10-21(28)11-7-19)16-33-18-30-23-4-2-3-5-25(23)33/h2-15,18,24H,16-17H2,1H3,(H,31,34). The van der Waals surface area contributed by atoms with Crippen LogP contribution in [0.1, 0.15) is 27.8 Å². The molecule has 3 aromatic carbocycles. The second-order valence-electron chi connectivity index (χ2n) is 8.23. The van der Waals surface area contributed by atoms with Gasteiger partial charge in [0.15, 0.2) is 0 Å². The fourth-order valence-corrected chi connectivity index (χ4v) is 3.91. The number of benzene rings is 3. The Balaban J connectivity index is 1.32. The number of nitrogens with one attached hydrogen (secondary N) is 1. The minimum Gasteiger partial charge on any atom is -0.486 e. The summed E-state index contributed by atoms with van der Waals surface area (Å²) < 4.78 is 23.2. The van der Waals surface area contributed by atoms with E-state index in [1.54, 1.807) is 48.9 Å². The Labute approximate surface area is 201 Å². The summed E-state index contributed by atoms with van der Waals surface area (Å²) in [6, 6.07) is 20.5. The molecule has 1 atom stereocenters. The summed E-state index contributed by atoms with van der Waals surface area (Å²) in [6.45, 7) is 0.781. The molecule has 5 rings (SSSR count). The van der Waals surface area contributed by atoms with E-state index in [9.17, 15) is 9.18 Å². The average Bonchev–Trinajstić information content (AvgIpc) is 3.49. The van der Waals surface area contributed by atoms with Crippen molar-refractivity contribution < 1.29 is 13.9 Å². The van der Waals surface area contributed by atoms with Crippen molar-refractivity contribution in [2.45, 2.75) is 19.2 Å². The lowest BCUT2D eigenvalue weighted by Crippen LogP contribution is -2.31. The number of hydrogen-bond acceptors (Lipinski definition) is 4. The highest BCUT2D eigenvalue weighted by molar-refractivity contribution is 5.94. The fourth-order valence-electron chi connectivity index (χ4n) is 3.91. The minimum absolute atomic E-state index is 0.237. The van der Waals surface area contributed by atoms with Crippen molar-refractivity contribution in [1.29, 1.82) is 0 Å². The van der Waals surface area contributed by atoms with Crippen LogP contribution in [-0.4, -0.2) is 25.0 Å². The predicted octanol–water partition coefficient (Wildman–Crippen LogP) is 4.66. The molecular weight excluding hydrogens is 445 g/mol. The molecule has 0 bridgehead atoms. The van der Waals surface area contributed by atoms with Crippen LogP contribution >= 0.6 is 0 Å². The van der Waals surface area contributed by atoms with E-state index >= 15 is 0 Å². The molecule has 35 heavy (non-hydrogen) atoms. The maximum Gasteiger partial charge on any atom is 0.251 e. The first kappa shape index (κ1) is 22.3. The first-order valence-electron chi connectivity index (χ1n) is 11.2. The van der Waals surface area contributed by atoms with Crippen LogP contribution in [0.5, 0.6) is 5.75 Å². The lowest BCUT2D eigenvalue weighted by Gasteiger charge is -2.20. The van der Waals surface area contributed by atoms with E-state index in [1.807, 2.05) is 46.6 Å². The summed E-state index contributed by atoms with van der Waals surface area (Å²) in [4.78, 5) is 21.8. The van der Waals surface area contributed by atoms with E-state index in [4.69, 9.17) is 4.74 Å². The van der Waals surface area contributed by atoms with Crippen LogP contribution in [0.15, 0.2) is 91.5 Å². The molecule has 5 aromatic rings. The first-order valence-corrected chi connectivity index (χ1v) is 11.2. The van der Waals surface area contributed by atoms with Gasteiger partial charge in [0.2, 0.25) is 0 Å². The Hall–Kier alpha value is -4.46.